The Balaban J connectivity index is 2.67. The van der Waals surface area contributed by atoms with E-state index in [1.54, 1.807) is 0 Å². The third kappa shape index (κ3) is 4.57. The Morgan fingerprint density at radius 3 is 2.63 bits per heavy atom. The molecular formula is C16H18BrF2O5PS2. The molecule has 0 saturated carbocycles. The maximum Gasteiger partial charge on any atom is 0.402 e. The minimum Gasteiger partial charge on any atom is -0.478 e. The highest BCUT2D eigenvalue weighted by Gasteiger charge is 2.55. The molecule has 0 radical (unpaired) electrons. The van der Waals surface area contributed by atoms with Gasteiger partial charge < -0.3 is 14.5 Å². The predicted molar refractivity (Wildman–Crippen MR) is 107 cm³/mol. The molecule has 1 aromatic carbocycles. The van der Waals surface area contributed by atoms with Gasteiger partial charge in [0, 0.05) is 19.5 Å². The van der Waals surface area contributed by atoms with Crippen LogP contribution in [0.3, 0.4) is 0 Å². The summed E-state index contributed by atoms with van der Waals surface area (Å²) in [5, 5.41) is 9.59. The number of hydrogen-bond acceptors (Lipinski definition) is 5. The van der Waals surface area contributed by atoms with Gasteiger partial charge in [-0.1, -0.05) is 13.3 Å². The second-order valence-electron chi connectivity index (χ2n) is 5.58. The van der Waals surface area contributed by atoms with Crippen LogP contribution in [-0.2, 0) is 14.8 Å². The molecule has 27 heavy (non-hydrogen) atoms. The lowest BCUT2D eigenvalue weighted by molar-refractivity contribution is 0.0495. The van der Waals surface area contributed by atoms with Crippen LogP contribution >= 0.6 is 46.6 Å². The fraction of sp³-hybridized carbons (Fsp3) is 0.438. The first kappa shape index (κ1) is 22.8. The van der Waals surface area contributed by atoms with Gasteiger partial charge in [0.25, 0.3) is 0 Å². The summed E-state index contributed by atoms with van der Waals surface area (Å²) in [6, 6.07) is 2.72. The molecule has 1 heterocycles. The molecule has 0 aliphatic carbocycles. The lowest BCUT2D eigenvalue weighted by Crippen LogP contribution is -2.14. The molecule has 2 N–H and O–H groups in total. The number of alkyl halides is 2. The summed E-state index contributed by atoms with van der Waals surface area (Å²) in [5.41, 5.74) is -4.16. The van der Waals surface area contributed by atoms with E-state index in [1.165, 1.54) is 30.8 Å². The number of aromatic carboxylic acids is 1. The fourth-order valence-electron chi connectivity index (χ4n) is 2.27. The number of carboxylic acid groups (broad SMARTS) is 1. The number of carboxylic acids is 1. The number of fused-ring (bicyclic) bond motifs is 1. The molecule has 0 aliphatic heterocycles. The first-order valence-electron chi connectivity index (χ1n) is 8.04. The van der Waals surface area contributed by atoms with Gasteiger partial charge in [-0.15, -0.1) is 23.1 Å². The quantitative estimate of drug-likeness (QED) is 0.230. The maximum absolute atomic E-state index is 14.7. The van der Waals surface area contributed by atoms with Crippen LogP contribution in [0.4, 0.5) is 8.78 Å². The zero-order valence-electron chi connectivity index (χ0n) is 14.5. The monoisotopic (exact) mass is 502 g/mol. The summed E-state index contributed by atoms with van der Waals surface area (Å²) in [6.07, 6.45) is 1.82. The predicted octanol–water partition coefficient (Wildman–Crippen LogP) is 6.53. The van der Waals surface area contributed by atoms with Crippen molar-refractivity contribution in [1.29, 1.82) is 0 Å². The normalized spacial score (nSPS) is 14.4. The maximum atomic E-state index is 14.7. The van der Waals surface area contributed by atoms with Crippen molar-refractivity contribution in [2.45, 2.75) is 37.2 Å². The highest BCUT2D eigenvalue weighted by Crippen LogP contribution is 2.66. The molecule has 0 spiro atoms. The molecule has 0 fully saturated rings. The minimum atomic E-state index is -5.25. The van der Waals surface area contributed by atoms with E-state index in [0.29, 0.717) is 26.7 Å². The van der Waals surface area contributed by atoms with Crippen LogP contribution in [0.2, 0.25) is 0 Å². The van der Waals surface area contributed by atoms with Crippen molar-refractivity contribution < 1.29 is 32.7 Å². The molecule has 1 unspecified atom stereocenters. The van der Waals surface area contributed by atoms with E-state index in [9.17, 15) is 28.1 Å². The van der Waals surface area contributed by atoms with Crippen LogP contribution in [-0.4, -0.2) is 28.3 Å². The lowest BCUT2D eigenvalue weighted by atomic mass is 10.1. The SMILES string of the molecule is CCCCSc1cc(C(=O)O)cc2c(Br)c(C(F)(F)P(=O)(O)OCC)sc12. The fourth-order valence-corrected chi connectivity index (χ4v) is 7.09. The van der Waals surface area contributed by atoms with Gasteiger partial charge in [0.05, 0.1) is 12.2 Å². The molecule has 0 saturated heterocycles. The van der Waals surface area contributed by atoms with E-state index in [1.807, 2.05) is 6.92 Å². The Bertz CT molecular complexity index is 903. The van der Waals surface area contributed by atoms with Crippen molar-refractivity contribution in [1.82, 2.24) is 0 Å². The van der Waals surface area contributed by atoms with Gasteiger partial charge in [0.2, 0.25) is 0 Å². The summed E-state index contributed by atoms with van der Waals surface area (Å²) in [4.78, 5) is 21.0. The van der Waals surface area contributed by atoms with Gasteiger partial charge in [-0.2, -0.15) is 8.78 Å². The Morgan fingerprint density at radius 1 is 1.41 bits per heavy atom. The Hall–Kier alpha value is -0.510. The van der Waals surface area contributed by atoms with Gasteiger partial charge in [0.15, 0.2) is 0 Å². The number of thioether (sulfide) groups is 1. The zero-order valence-corrected chi connectivity index (χ0v) is 18.6. The molecule has 2 aromatic rings. The lowest BCUT2D eigenvalue weighted by Gasteiger charge is -2.20. The van der Waals surface area contributed by atoms with Gasteiger partial charge in [-0.25, -0.2) is 4.79 Å². The van der Waals surface area contributed by atoms with Gasteiger partial charge >= 0.3 is 19.2 Å². The summed E-state index contributed by atoms with van der Waals surface area (Å²) in [7, 11) is -5.25. The molecular weight excluding hydrogens is 485 g/mol. The van der Waals surface area contributed by atoms with Crippen LogP contribution in [0, 0.1) is 0 Å². The largest absolute Gasteiger partial charge is 0.478 e. The smallest absolute Gasteiger partial charge is 0.402 e. The molecule has 2 rings (SSSR count). The third-order valence-corrected chi connectivity index (χ3v) is 8.97. The van der Waals surface area contributed by atoms with Crippen molar-refractivity contribution in [3.8, 4) is 0 Å². The van der Waals surface area contributed by atoms with Gasteiger partial charge in [0.1, 0.15) is 4.88 Å². The van der Waals surface area contributed by atoms with Crippen molar-refractivity contribution in [3.63, 3.8) is 0 Å². The molecule has 5 nitrogen and oxygen atoms in total. The number of rotatable bonds is 9. The van der Waals surface area contributed by atoms with Crippen LogP contribution in [0.15, 0.2) is 21.5 Å². The molecule has 0 amide bonds. The van der Waals surface area contributed by atoms with E-state index in [4.69, 9.17) is 0 Å². The van der Waals surface area contributed by atoms with Crippen LogP contribution < -0.4 is 0 Å². The van der Waals surface area contributed by atoms with Crippen molar-refractivity contribution in [3.05, 3.63) is 27.0 Å². The summed E-state index contributed by atoms with van der Waals surface area (Å²) >= 11 is 5.11. The third-order valence-electron chi connectivity index (χ3n) is 3.63. The molecule has 0 aliphatic rings. The van der Waals surface area contributed by atoms with Gasteiger partial charge in [-0.05, 0) is 47.2 Å². The number of benzene rings is 1. The van der Waals surface area contributed by atoms with E-state index in [0.717, 1.165) is 12.8 Å². The second kappa shape index (κ2) is 8.88. The average molecular weight is 503 g/mol. The summed E-state index contributed by atoms with van der Waals surface area (Å²) in [6.45, 7) is 3.02. The van der Waals surface area contributed by atoms with Crippen LogP contribution in [0.25, 0.3) is 10.1 Å². The number of carbonyl (C=O) groups is 1. The van der Waals surface area contributed by atoms with E-state index >= 15 is 0 Å². The minimum absolute atomic E-state index is 0.0353. The Labute approximate surface area is 171 Å². The van der Waals surface area contributed by atoms with Crippen molar-refractivity contribution in [2.24, 2.45) is 0 Å². The number of thiophene rings is 1. The van der Waals surface area contributed by atoms with E-state index in [2.05, 4.69) is 20.5 Å². The van der Waals surface area contributed by atoms with Crippen LogP contribution in [0.5, 0.6) is 0 Å². The summed E-state index contributed by atoms with van der Waals surface area (Å²) < 4.78 is 46.2. The van der Waals surface area contributed by atoms with Gasteiger partial charge in [-0.3, -0.25) is 4.57 Å². The topological polar surface area (TPSA) is 83.8 Å². The molecule has 1 atom stereocenters. The Morgan fingerprint density at radius 2 is 2.07 bits per heavy atom. The van der Waals surface area contributed by atoms with E-state index < -0.39 is 24.1 Å². The highest BCUT2D eigenvalue weighted by atomic mass is 79.9. The van der Waals surface area contributed by atoms with Crippen molar-refractivity contribution >= 4 is 62.7 Å². The Kier molecular flexibility index (Phi) is 7.49. The molecule has 1 aromatic heterocycles. The zero-order chi connectivity index (χ0) is 20.4. The molecule has 150 valence electrons. The average Bonchev–Trinajstić information content (AvgIpc) is 2.92. The first-order valence-corrected chi connectivity index (χ1v) is 12.2. The highest BCUT2D eigenvalue weighted by molar-refractivity contribution is 9.10. The molecule has 11 heteroatoms. The second-order valence-corrected chi connectivity index (χ2v) is 10.4. The first-order chi connectivity index (χ1) is 12.6. The van der Waals surface area contributed by atoms with Crippen LogP contribution in [0.1, 0.15) is 41.9 Å². The van der Waals surface area contributed by atoms with E-state index in [-0.39, 0.29) is 22.0 Å². The molecule has 0 bridgehead atoms. The number of hydrogen-bond donors (Lipinski definition) is 2. The number of unbranched alkanes of at least 4 members (excludes halogenated alkanes) is 1. The standard InChI is InChI=1S/C16H18BrF2O5PS2/c1-3-5-6-26-11-8-9(15(20)21)7-10-12(17)14(27-13(10)11)16(18,19)25(22,23)24-4-2/h7-8H,3-6H2,1-2H3,(H,20,21)(H,22,23). The number of halogens is 3. The summed E-state index contributed by atoms with van der Waals surface area (Å²) in [5.74, 6) is -0.476. The van der Waals surface area contributed by atoms with Crippen molar-refractivity contribution in [2.75, 3.05) is 12.4 Å².